The monoisotopic (exact) mass is 287 g/mol. The normalized spacial score (nSPS) is 10.9. The lowest BCUT2D eigenvalue weighted by molar-refractivity contribution is 0.964. The molecule has 2 heterocycles. The molecular formula is C13H10BrN3. The van der Waals surface area contributed by atoms with Crippen LogP contribution in [0.4, 0.5) is 0 Å². The molecule has 0 amide bonds. The van der Waals surface area contributed by atoms with Gasteiger partial charge in [-0.2, -0.15) is 0 Å². The van der Waals surface area contributed by atoms with Crippen LogP contribution in [0, 0.1) is 6.92 Å². The Bertz CT molecular complexity index is 671. The maximum Gasteiger partial charge on any atom is 0.182 e. The number of pyridine rings is 1. The largest absolute Gasteiger partial charge is 0.220 e. The lowest BCUT2D eigenvalue weighted by atomic mass is 10.1. The van der Waals surface area contributed by atoms with Crippen LogP contribution in [0.2, 0.25) is 0 Å². The van der Waals surface area contributed by atoms with E-state index in [0.29, 0.717) is 0 Å². The fraction of sp³-hybridized carbons (Fsp3) is 0.0769. The van der Waals surface area contributed by atoms with Crippen molar-refractivity contribution in [3.8, 4) is 11.4 Å². The molecule has 1 aromatic carbocycles. The van der Waals surface area contributed by atoms with E-state index in [0.717, 1.165) is 21.5 Å². The van der Waals surface area contributed by atoms with Crippen molar-refractivity contribution >= 4 is 21.6 Å². The van der Waals surface area contributed by atoms with E-state index < -0.39 is 0 Å². The molecule has 0 radical (unpaired) electrons. The second-order valence-corrected chi connectivity index (χ2v) is 4.86. The molecule has 3 nitrogen and oxygen atoms in total. The molecule has 0 N–H and O–H groups in total. The average molecular weight is 288 g/mol. The molecule has 0 saturated carbocycles. The maximum atomic E-state index is 4.50. The molecule has 3 aromatic rings. The Hall–Kier alpha value is -1.68. The molecule has 0 aliphatic carbocycles. The number of hydrogen-bond donors (Lipinski definition) is 0. The van der Waals surface area contributed by atoms with Crippen LogP contribution in [-0.2, 0) is 0 Å². The quantitative estimate of drug-likeness (QED) is 0.686. The van der Waals surface area contributed by atoms with Crippen LogP contribution in [0.15, 0.2) is 47.1 Å². The topological polar surface area (TPSA) is 30.2 Å². The third-order valence-electron chi connectivity index (χ3n) is 2.61. The molecular weight excluding hydrogens is 278 g/mol. The van der Waals surface area contributed by atoms with Gasteiger partial charge in [0.25, 0.3) is 0 Å². The summed E-state index contributed by atoms with van der Waals surface area (Å²) in [4.78, 5) is 4.50. The Morgan fingerprint density at radius 1 is 1.12 bits per heavy atom. The summed E-state index contributed by atoms with van der Waals surface area (Å²) < 4.78 is 2.79. The van der Waals surface area contributed by atoms with Gasteiger partial charge in [0.05, 0.1) is 0 Å². The van der Waals surface area contributed by atoms with Crippen LogP contribution < -0.4 is 0 Å². The number of halogens is 1. The first-order valence-corrected chi connectivity index (χ1v) is 6.11. The summed E-state index contributed by atoms with van der Waals surface area (Å²) in [5.74, 6) is 0.753. The van der Waals surface area contributed by atoms with Crippen LogP contribution in [0.3, 0.4) is 0 Å². The van der Waals surface area contributed by atoms with Gasteiger partial charge in [-0.25, -0.2) is 9.50 Å². The third-order valence-corrected chi connectivity index (χ3v) is 3.10. The van der Waals surface area contributed by atoms with Gasteiger partial charge in [0, 0.05) is 16.2 Å². The Balaban J connectivity index is 2.14. The van der Waals surface area contributed by atoms with Crippen molar-refractivity contribution in [3.05, 3.63) is 52.6 Å². The molecule has 3 rings (SSSR count). The molecule has 0 spiro atoms. The zero-order valence-electron chi connectivity index (χ0n) is 9.26. The maximum absolute atomic E-state index is 4.50. The fourth-order valence-electron chi connectivity index (χ4n) is 1.68. The number of hydrogen-bond acceptors (Lipinski definition) is 2. The minimum Gasteiger partial charge on any atom is -0.220 e. The lowest BCUT2D eigenvalue weighted by Crippen LogP contribution is -1.85. The van der Waals surface area contributed by atoms with E-state index >= 15 is 0 Å². The lowest BCUT2D eigenvalue weighted by Gasteiger charge is -1.94. The van der Waals surface area contributed by atoms with Crippen LogP contribution in [0.25, 0.3) is 17.0 Å². The zero-order chi connectivity index (χ0) is 11.8. The molecule has 0 saturated heterocycles. The molecule has 0 atom stereocenters. The second-order valence-electron chi connectivity index (χ2n) is 3.95. The molecule has 0 aliphatic heterocycles. The number of aryl methyl sites for hydroxylation is 1. The Morgan fingerprint density at radius 2 is 1.88 bits per heavy atom. The van der Waals surface area contributed by atoms with E-state index in [1.165, 1.54) is 5.56 Å². The summed E-state index contributed by atoms with van der Waals surface area (Å²) in [6.45, 7) is 2.07. The first kappa shape index (κ1) is 10.5. The van der Waals surface area contributed by atoms with Crippen molar-refractivity contribution in [3.63, 3.8) is 0 Å². The molecule has 0 fully saturated rings. The Morgan fingerprint density at radius 3 is 2.65 bits per heavy atom. The minimum absolute atomic E-state index is 0.753. The average Bonchev–Trinajstić information content (AvgIpc) is 2.72. The van der Waals surface area contributed by atoms with E-state index in [2.05, 4.69) is 45.1 Å². The van der Waals surface area contributed by atoms with Crippen LogP contribution in [-0.4, -0.2) is 14.6 Å². The number of aromatic nitrogens is 3. The molecule has 17 heavy (non-hydrogen) atoms. The highest BCUT2D eigenvalue weighted by Gasteiger charge is 2.05. The fourth-order valence-corrected chi connectivity index (χ4v) is 2.00. The van der Waals surface area contributed by atoms with Crippen molar-refractivity contribution in [2.24, 2.45) is 0 Å². The number of fused-ring (bicyclic) bond motifs is 1. The van der Waals surface area contributed by atoms with Gasteiger partial charge in [0.2, 0.25) is 0 Å². The highest BCUT2D eigenvalue weighted by molar-refractivity contribution is 9.10. The molecule has 0 unspecified atom stereocenters. The third kappa shape index (κ3) is 1.96. The smallest absolute Gasteiger partial charge is 0.182 e. The Kier molecular flexibility index (Phi) is 2.44. The van der Waals surface area contributed by atoms with Crippen molar-refractivity contribution in [1.29, 1.82) is 0 Å². The number of rotatable bonds is 1. The van der Waals surface area contributed by atoms with Gasteiger partial charge in [0.1, 0.15) is 0 Å². The second kappa shape index (κ2) is 3.96. The number of nitrogens with zero attached hydrogens (tertiary/aromatic N) is 3. The van der Waals surface area contributed by atoms with Gasteiger partial charge >= 0.3 is 0 Å². The van der Waals surface area contributed by atoms with Gasteiger partial charge in [-0.3, -0.25) is 0 Å². The van der Waals surface area contributed by atoms with Gasteiger partial charge in [-0.05, 0) is 19.1 Å². The van der Waals surface area contributed by atoms with E-state index in [9.17, 15) is 0 Å². The molecule has 4 heteroatoms. The first-order chi connectivity index (χ1) is 8.22. The van der Waals surface area contributed by atoms with Crippen LogP contribution >= 0.6 is 15.9 Å². The highest BCUT2D eigenvalue weighted by Crippen LogP contribution is 2.18. The molecule has 0 aliphatic rings. The predicted octanol–water partition coefficient (Wildman–Crippen LogP) is 3.47. The van der Waals surface area contributed by atoms with Crippen LogP contribution in [0.5, 0.6) is 0 Å². The first-order valence-electron chi connectivity index (χ1n) is 5.31. The van der Waals surface area contributed by atoms with E-state index in [1.807, 2.05) is 30.5 Å². The summed E-state index contributed by atoms with van der Waals surface area (Å²) in [5, 5.41) is 4.44. The number of benzene rings is 1. The van der Waals surface area contributed by atoms with Gasteiger partial charge in [-0.1, -0.05) is 45.8 Å². The highest BCUT2D eigenvalue weighted by atomic mass is 79.9. The van der Waals surface area contributed by atoms with Crippen molar-refractivity contribution in [2.75, 3.05) is 0 Å². The van der Waals surface area contributed by atoms with Crippen molar-refractivity contribution in [1.82, 2.24) is 14.6 Å². The minimum atomic E-state index is 0.753. The SMILES string of the molecule is Cc1ccc(-c2nc3cc(Br)ccn3n2)cc1. The summed E-state index contributed by atoms with van der Waals surface area (Å²) in [6, 6.07) is 12.1. The molecule has 84 valence electrons. The summed E-state index contributed by atoms with van der Waals surface area (Å²) in [6.07, 6.45) is 1.89. The van der Waals surface area contributed by atoms with Gasteiger partial charge < -0.3 is 0 Å². The summed E-state index contributed by atoms with van der Waals surface area (Å²) in [7, 11) is 0. The summed E-state index contributed by atoms with van der Waals surface area (Å²) >= 11 is 3.43. The van der Waals surface area contributed by atoms with Gasteiger partial charge in [0.15, 0.2) is 11.5 Å². The standard InChI is InChI=1S/C13H10BrN3/c1-9-2-4-10(5-3-9)13-15-12-8-11(14)6-7-17(12)16-13/h2-8H,1H3. The van der Waals surface area contributed by atoms with Crippen molar-refractivity contribution < 1.29 is 0 Å². The summed E-state index contributed by atoms with van der Waals surface area (Å²) in [5.41, 5.74) is 3.12. The van der Waals surface area contributed by atoms with Crippen molar-refractivity contribution in [2.45, 2.75) is 6.92 Å². The van der Waals surface area contributed by atoms with Gasteiger partial charge in [-0.15, -0.1) is 5.10 Å². The molecule has 2 aromatic heterocycles. The van der Waals surface area contributed by atoms with E-state index in [4.69, 9.17) is 0 Å². The van der Waals surface area contributed by atoms with E-state index in [-0.39, 0.29) is 0 Å². The molecule has 0 bridgehead atoms. The zero-order valence-corrected chi connectivity index (χ0v) is 10.8. The van der Waals surface area contributed by atoms with Crippen LogP contribution in [0.1, 0.15) is 5.56 Å². The predicted molar refractivity (Wildman–Crippen MR) is 70.9 cm³/mol. The van der Waals surface area contributed by atoms with E-state index in [1.54, 1.807) is 4.52 Å². The Labute approximate surface area is 107 Å².